The molecule has 6 N–H and O–H groups in total. The van der Waals surface area contributed by atoms with Crippen molar-refractivity contribution in [3.8, 4) is 6.07 Å². The summed E-state index contributed by atoms with van der Waals surface area (Å²) in [5.74, 6) is 0.307. The van der Waals surface area contributed by atoms with E-state index in [2.05, 4.69) is 25.5 Å². The summed E-state index contributed by atoms with van der Waals surface area (Å²) in [7, 11) is 2.03. The molecule has 2 saturated heterocycles. The van der Waals surface area contributed by atoms with Gasteiger partial charge in [0, 0.05) is 6.54 Å². The molecule has 0 aromatic carbocycles. The van der Waals surface area contributed by atoms with Gasteiger partial charge < -0.3 is 31.1 Å². The number of hydrogen-bond donors (Lipinski definition) is 5. The lowest BCUT2D eigenvalue weighted by molar-refractivity contribution is -0.0451. The molecule has 10 heteroatoms. The molecule has 2 unspecified atom stereocenters. The van der Waals surface area contributed by atoms with E-state index in [4.69, 9.17) is 5.73 Å². The van der Waals surface area contributed by atoms with Crippen LogP contribution in [0.1, 0.15) is 25.3 Å². The molecule has 0 saturated carbocycles. The van der Waals surface area contributed by atoms with Gasteiger partial charge in [0.15, 0.2) is 12.0 Å². The number of aliphatic hydroxyl groups is 2. The van der Waals surface area contributed by atoms with Crippen LogP contribution in [0.3, 0.4) is 0 Å². The number of likely N-dealkylation sites (N-methyl/N-ethyl adjacent to an activating group) is 1. The van der Waals surface area contributed by atoms with Crippen LogP contribution in [0, 0.1) is 11.3 Å². The molecule has 3 aliphatic rings. The molecule has 0 bridgehead atoms. The first-order chi connectivity index (χ1) is 13.4. The van der Waals surface area contributed by atoms with E-state index in [-0.39, 0.29) is 17.2 Å². The summed E-state index contributed by atoms with van der Waals surface area (Å²) in [5, 5.41) is 37.5. The van der Waals surface area contributed by atoms with Gasteiger partial charge in [-0.25, -0.2) is 9.97 Å². The van der Waals surface area contributed by atoms with Crippen molar-refractivity contribution in [2.75, 3.05) is 31.2 Å². The predicted octanol–water partition coefficient (Wildman–Crippen LogP) is -0.522. The number of nitrogen functional groups attached to an aromatic ring is 1. The molecule has 3 aliphatic heterocycles. The van der Waals surface area contributed by atoms with Crippen LogP contribution in [0.15, 0.2) is 29.4 Å². The zero-order chi connectivity index (χ0) is 20.1. The highest BCUT2D eigenvalue weighted by atomic mass is 16.3. The van der Waals surface area contributed by atoms with Crippen molar-refractivity contribution in [3.63, 3.8) is 0 Å². The number of nitrogens with zero attached hydrogens (tertiary/aromatic N) is 5. The van der Waals surface area contributed by atoms with Gasteiger partial charge in [-0.2, -0.15) is 5.26 Å². The van der Waals surface area contributed by atoms with E-state index in [1.54, 1.807) is 6.08 Å². The third kappa shape index (κ3) is 2.80. The van der Waals surface area contributed by atoms with Gasteiger partial charge in [-0.1, -0.05) is 0 Å². The monoisotopic (exact) mass is 384 g/mol. The Kier molecular flexibility index (Phi) is 4.47. The molecule has 1 aromatic rings. The Balaban J connectivity index is 1.72. The summed E-state index contributed by atoms with van der Waals surface area (Å²) in [5.41, 5.74) is 7.25. The second-order valence-corrected chi connectivity index (χ2v) is 7.55. The molecule has 0 aliphatic carbocycles. The van der Waals surface area contributed by atoms with Crippen LogP contribution in [0.5, 0.6) is 0 Å². The number of fused-ring (bicyclic) bond motifs is 2. The number of aromatic nitrogens is 2. The summed E-state index contributed by atoms with van der Waals surface area (Å²) in [4.78, 5) is 12.0. The minimum absolute atomic E-state index is 0.0717. The number of aliphatic hydroxyl groups excluding tert-OH is 2. The number of hydrogen-bond acceptors (Lipinski definition) is 10. The van der Waals surface area contributed by atoms with Crippen molar-refractivity contribution in [2.24, 2.45) is 0 Å². The molecule has 10 nitrogen and oxygen atoms in total. The fourth-order valence-electron chi connectivity index (χ4n) is 4.45. The first-order valence-electron chi connectivity index (χ1n) is 9.18. The number of piperidine rings is 1. The van der Waals surface area contributed by atoms with Gasteiger partial charge in [-0.3, -0.25) is 5.32 Å². The minimum Gasteiger partial charge on any atom is -0.382 e. The SMILES string of the molecule is CC1=C2[C@H](O)NC3(CCCN(C)C3)N2C(O)C(Nc2ncnc(N)c2C#N)=C1. The molecule has 4 heterocycles. The van der Waals surface area contributed by atoms with Crippen LogP contribution >= 0.6 is 0 Å². The summed E-state index contributed by atoms with van der Waals surface area (Å²) in [6, 6.07) is 1.99. The normalized spacial score (nSPS) is 30.2. The summed E-state index contributed by atoms with van der Waals surface area (Å²) in [6.45, 7) is 3.51. The van der Waals surface area contributed by atoms with Crippen molar-refractivity contribution in [3.05, 3.63) is 34.9 Å². The maximum Gasteiger partial charge on any atom is 0.169 e. The molecule has 0 radical (unpaired) electrons. The number of nitriles is 1. The number of nitrogens with two attached hydrogens (primary N) is 1. The van der Waals surface area contributed by atoms with Crippen molar-refractivity contribution >= 4 is 11.6 Å². The average Bonchev–Trinajstić information content (AvgIpc) is 2.91. The van der Waals surface area contributed by atoms with E-state index in [0.29, 0.717) is 17.9 Å². The quantitative estimate of drug-likeness (QED) is 0.451. The molecular formula is C18H24N8O2. The van der Waals surface area contributed by atoms with E-state index in [9.17, 15) is 15.5 Å². The van der Waals surface area contributed by atoms with Crippen LogP contribution in [0.25, 0.3) is 0 Å². The summed E-state index contributed by atoms with van der Waals surface area (Å²) >= 11 is 0. The lowest BCUT2D eigenvalue weighted by atomic mass is 9.95. The Labute approximate surface area is 163 Å². The van der Waals surface area contributed by atoms with Crippen LogP contribution < -0.4 is 16.4 Å². The lowest BCUT2D eigenvalue weighted by Crippen LogP contribution is -2.64. The Bertz CT molecular complexity index is 907. The fourth-order valence-corrected chi connectivity index (χ4v) is 4.45. The first kappa shape index (κ1) is 18.6. The standard InChI is InChI=1S/C18H24N8O2/c1-10-6-12(23-15-11(7-19)14(20)21-9-22-15)17(28)26-13(10)16(27)24-18(26)4-3-5-25(2)8-18/h6,9,16-17,24,27-28H,3-5,8H2,1-2H3,(H3,20,21,22,23)/t16-,17?,18?/m0/s1. The fraction of sp³-hybridized carbons (Fsp3) is 0.500. The van der Waals surface area contributed by atoms with Crippen molar-refractivity contribution < 1.29 is 10.2 Å². The Morgan fingerprint density at radius 1 is 1.43 bits per heavy atom. The van der Waals surface area contributed by atoms with Gasteiger partial charge >= 0.3 is 0 Å². The molecule has 2 fully saturated rings. The minimum atomic E-state index is -1.04. The van der Waals surface area contributed by atoms with E-state index in [0.717, 1.165) is 25.0 Å². The molecule has 0 amide bonds. The Morgan fingerprint density at radius 2 is 2.21 bits per heavy atom. The third-order valence-corrected chi connectivity index (χ3v) is 5.60. The summed E-state index contributed by atoms with van der Waals surface area (Å²) < 4.78 is 0. The smallest absolute Gasteiger partial charge is 0.169 e. The van der Waals surface area contributed by atoms with E-state index >= 15 is 0 Å². The van der Waals surface area contributed by atoms with Crippen LogP contribution in [-0.4, -0.2) is 68.2 Å². The predicted molar refractivity (Wildman–Crippen MR) is 102 cm³/mol. The van der Waals surface area contributed by atoms with Crippen molar-refractivity contribution in [1.29, 1.82) is 5.26 Å². The molecular weight excluding hydrogens is 360 g/mol. The number of likely N-dealkylation sites (tertiary alicyclic amines) is 1. The van der Waals surface area contributed by atoms with E-state index in [1.807, 2.05) is 24.9 Å². The van der Waals surface area contributed by atoms with Gasteiger partial charge in [0.25, 0.3) is 0 Å². The Hall–Kier alpha value is -2.71. The second kappa shape index (κ2) is 6.72. The lowest BCUT2D eigenvalue weighted by Gasteiger charge is -2.48. The van der Waals surface area contributed by atoms with Crippen LogP contribution in [0.4, 0.5) is 11.6 Å². The molecule has 28 heavy (non-hydrogen) atoms. The number of allylic oxidation sites excluding steroid dienone is 2. The molecule has 148 valence electrons. The zero-order valence-electron chi connectivity index (χ0n) is 15.8. The largest absolute Gasteiger partial charge is 0.382 e. The number of rotatable bonds is 2. The Morgan fingerprint density at radius 3 is 2.93 bits per heavy atom. The second-order valence-electron chi connectivity index (χ2n) is 7.55. The third-order valence-electron chi connectivity index (χ3n) is 5.60. The van der Waals surface area contributed by atoms with Crippen LogP contribution in [-0.2, 0) is 0 Å². The van der Waals surface area contributed by atoms with Gasteiger partial charge in [0.2, 0.25) is 0 Å². The van der Waals surface area contributed by atoms with Gasteiger partial charge in [0.1, 0.15) is 35.7 Å². The molecule has 1 spiro atoms. The van der Waals surface area contributed by atoms with E-state index in [1.165, 1.54) is 6.33 Å². The highest BCUT2D eigenvalue weighted by molar-refractivity contribution is 5.64. The number of nitrogens with one attached hydrogen (secondary N) is 2. The van der Waals surface area contributed by atoms with Gasteiger partial charge in [-0.05, 0) is 45.0 Å². The maximum atomic E-state index is 11.2. The number of anilines is 2. The zero-order valence-corrected chi connectivity index (χ0v) is 15.8. The van der Waals surface area contributed by atoms with E-state index < -0.39 is 18.1 Å². The van der Waals surface area contributed by atoms with Gasteiger partial charge in [0.05, 0.1) is 11.4 Å². The average molecular weight is 384 g/mol. The first-order valence-corrected chi connectivity index (χ1v) is 9.18. The maximum absolute atomic E-state index is 11.2. The molecule has 1 aromatic heterocycles. The highest BCUT2D eigenvalue weighted by Crippen LogP contribution is 2.41. The highest BCUT2D eigenvalue weighted by Gasteiger charge is 2.53. The van der Waals surface area contributed by atoms with Crippen molar-refractivity contribution in [1.82, 2.24) is 25.1 Å². The molecule has 4 rings (SSSR count). The van der Waals surface area contributed by atoms with Crippen LogP contribution in [0.2, 0.25) is 0 Å². The van der Waals surface area contributed by atoms with Gasteiger partial charge in [-0.15, -0.1) is 0 Å². The topological polar surface area (TPSA) is 147 Å². The van der Waals surface area contributed by atoms with Crippen molar-refractivity contribution in [2.45, 2.75) is 37.9 Å². The molecule has 3 atom stereocenters. The summed E-state index contributed by atoms with van der Waals surface area (Å²) in [6.07, 6.45) is 2.85.